The monoisotopic (exact) mass is 479 g/mol. The van der Waals surface area contributed by atoms with Crippen LogP contribution in [0.2, 0.25) is 0 Å². The van der Waals surface area contributed by atoms with Crippen molar-refractivity contribution in [2.24, 2.45) is 0 Å². The minimum Gasteiger partial charge on any atom is -0.340 e. The van der Waals surface area contributed by atoms with Crippen LogP contribution in [-0.2, 0) is 17.6 Å². The zero-order valence-electron chi connectivity index (χ0n) is 21.2. The van der Waals surface area contributed by atoms with E-state index in [0.29, 0.717) is 25.7 Å². The Hall–Kier alpha value is -3.87. The summed E-state index contributed by atoms with van der Waals surface area (Å²) in [6.45, 7) is 8.12. The first-order valence-corrected chi connectivity index (χ1v) is 12.6. The van der Waals surface area contributed by atoms with Gasteiger partial charge in [0, 0.05) is 62.5 Å². The van der Waals surface area contributed by atoms with E-state index in [4.69, 9.17) is 10.5 Å². The fourth-order valence-corrected chi connectivity index (χ4v) is 4.97. The Morgan fingerprint density at radius 3 is 2.33 bits per heavy atom. The lowest BCUT2D eigenvalue weighted by Crippen LogP contribution is -2.48. The predicted octanol–water partition coefficient (Wildman–Crippen LogP) is 4.82. The highest BCUT2D eigenvalue weighted by Gasteiger charge is 2.21. The van der Waals surface area contributed by atoms with Crippen molar-refractivity contribution >= 4 is 5.91 Å². The van der Waals surface area contributed by atoms with Crippen LogP contribution in [0, 0.1) is 36.5 Å². The summed E-state index contributed by atoms with van der Waals surface area (Å²) in [5.74, 6) is 0.181. The minimum atomic E-state index is 0.181. The molecular formula is C30H33N5O. The van der Waals surface area contributed by atoms with Gasteiger partial charge in [-0.3, -0.25) is 9.69 Å². The average molecular weight is 480 g/mol. The third-order valence-corrected chi connectivity index (χ3v) is 6.96. The van der Waals surface area contributed by atoms with Crippen molar-refractivity contribution in [3.63, 3.8) is 0 Å². The number of nitriles is 2. The quantitative estimate of drug-likeness (QED) is 0.464. The van der Waals surface area contributed by atoms with Gasteiger partial charge < -0.3 is 9.47 Å². The fourth-order valence-electron chi connectivity index (χ4n) is 4.97. The summed E-state index contributed by atoms with van der Waals surface area (Å²) in [6.07, 6.45) is 2.03. The molecule has 0 atom stereocenters. The van der Waals surface area contributed by atoms with E-state index < -0.39 is 0 Å². The van der Waals surface area contributed by atoms with E-state index in [9.17, 15) is 4.79 Å². The first kappa shape index (κ1) is 25.2. The van der Waals surface area contributed by atoms with Gasteiger partial charge in [0.25, 0.3) is 0 Å². The molecule has 2 aromatic carbocycles. The van der Waals surface area contributed by atoms with Crippen molar-refractivity contribution in [2.45, 2.75) is 39.5 Å². The van der Waals surface area contributed by atoms with Gasteiger partial charge in [-0.1, -0.05) is 35.9 Å². The Kier molecular flexibility index (Phi) is 8.21. The van der Waals surface area contributed by atoms with Gasteiger partial charge >= 0.3 is 0 Å². The molecule has 0 unspecified atom stereocenters. The summed E-state index contributed by atoms with van der Waals surface area (Å²) in [7, 11) is 0. The summed E-state index contributed by atoms with van der Waals surface area (Å²) in [5, 5.41) is 17.8. The zero-order chi connectivity index (χ0) is 25.5. The molecule has 0 saturated carbocycles. The highest BCUT2D eigenvalue weighted by Crippen LogP contribution is 2.30. The number of aryl methyl sites for hydroxylation is 3. The van der Waals surface area contributed by atoms with Crippen LogP contribution in [0.25, 0.3) is 16.9 Å². The highest BCUT2D eigenvalue weighted by molar-refractivity contribution is 5.77. The zero-order valence-corrected chi connectivity index (χ0v) is 21.2. The molecule has 0 aliphatic carbocycles. The number of aromatic nitrogens is 1. The first-order valence-electron chi connectivity index (χ1n) is 12.6. The van der Waals surface area contributed by atoms with Gasteiger partial charge in [-0.15, -0.1) is 0 Å². The Labute approximate surface area is 214 Å². The van der Waals surface area contributed by atoms with Crippen LogP contribution in [0.5, 0.6) is 0 Å². The van der Waals surface area contributed by atoms with Gasteiger partial charge in [-0.05, 0) is 55.7 Å². The SMILES string of the molecule is Cc1ccc(-c2ccc(CCC(=O)N3CCN(CCC#N)CC3)n2-c2ccc(CC#N)cc2)c(C)c1. The number of piperazine rings is 1. The van der Waals surface area contributed by atoms with Crippen LogP contribution in [0.4, 0.5) is 0 Å². The van der Waals surface area contributed by atoms with E-state index in [1.807, 2.05) is 17.0 Å². The average Bonchev–Trinajstić information content (AvgIpc) is 3.30. The lowest BCUT2D eigenvalue weighted by Gasteiger charge is -2.34. The summed E-state index contributed by atoms with van der Waals surface area (Å²) < 4.78 is 2.25. The number of hydrogen-bond donors (Lipinski definition) is 0. The maximum absolute atomic E-state index is 13.0. The van der Waals surface area contributed by atoms with Crippen molar-refractivity contribution in [1.29, 1.82) is 10.5 Å². The van der Waals surface area contributed by atoms with E-state index in [2.05, 4.69) is 77.9 Å². The van der Waals surface area contributed by atoms with Crippen molar-refractivity contribution in [1.82, 2.24) is 14.4 Å². The van der Waals surface area contributed by atoms with Gasteiger partial charge in [0.15, 0.2) is 0 Å². The molecule has 6 nitrogen and oxygen atoms in total. The lowest BCUT2D eigenvalue weighted by atomic mass is 10.0. The largest absolute Gasteiger partial charge is 0.340 e. The summed E-state index contributed by atoms with van der Waals surface area (Å²) in [6, 6.07) is 23.3. The molecule has 2 heterocycles. The van der Waals surface area contributed by atoms with E-state index >= 15 is 0 Å². The molecule has 0 radical (unpaired) electrons. The molecule has 6 heteroatoms. The van der Waals surface area contributed by atoms with Crippen LogP contribution in [0.15, 0.2) is 54.6 Å². The van der Waals surface area contributed by atoms with Gasteiger partial charge in [0.05, 0.1) is 24.3 Å². The van der Waals surface area contributed by atoms with E-state index in [0.717, 1.165) is 55.4 Å². The van der Waals surface area contributed by atoms with Gasteiger partial charge in [-0.25, -0.2) is 0 Å². The van der Waals surface area contributed by atoms with Crippen molar-refractivity contribution in [3.05, 3.63) is 77.0 Å². The molecule has 0 spiro atoms. The first-order chi connectivity index (χ1) is 17.5. The number of amides is 1. The van der Waals surface area contributed by atoms with Crippen LogP contribution < -0.4 is 0 Å². The Morgan fingerprint density at radius 2 is 1.67 bits per heavy atom. The molecule has 1 fully saturated rings. The van der Waals surface area contributed by atoms with Crippen molar-refractivity contribution in [3.8, 4) is 29.1 Å². The molecular weight excluding hydrogens is 446 g/mol. The molecule has 3 aromatic rings. The predicted molar refractivity (Wildman–Crippen MR) is 142 cm³/mol. The molecule has 1 aliphatic heterocycles. The van der Waals surface area contributed by atoms with Gasteiger partial charge in [0.1, 0.15) is 0 Å². The fraction of sp³-hybridized carbons (Fsp3) is 0.367. The number of carbonyl (C=O) groups is 1. The molecule has 184 valence electrons. The van der Waals surface area contributed by atoms with Crippen LogP contribution in [-0.4, -0.2) is 53.0 Å². The van der Waals surface area contributed by atoms with E-state index in [-0.39, 0.29) is 5.91 Å². The molecule has 1 saturated heterocycles. The van der Waals surface area contributed by atoms with Gasteiger partial charge in [0.2, 0.25) is 5.91 Å². The minimum absolute atomic E-state index is 0.181. The van der Waals surface area contributed by atoms with Gasteiger partial charge in [-0.2, -0.15) is 10.5 Å². The normalized spacial score (nSPS) is 13.8. The molecule has 4 rings (SSSR count). The third kappa shape index (κ3) is 5.85. The number of hydrogen-bond acceptors (Lipinski definition) is 4. The van der Waals surface area contributed by atoms with Crippen LogP contribution >= 0.6 is 0 Å². The molecule has 36 heavy (non-hydrogen) atoms. The van der Waals surface area contributed by atoms with Crippen LogP contribution in [0.3, 0.4) is 0 Å². The topological polar surface area (TPSA) is 76.1 Å². The second-order valence-electron chi connectivity index (χ2n) is 9.50. The van der Waals surface area contributed by atoms with Crippen molar-refractivity contribution < 1.29 is 4.79 Å². The number of nitrogens with zero attached hydrogens (tertiary/aromatic N) is 5. The molecule has 1 amide bonds. The number of carbonyl (C=O) groups excluding carboxylic acids is 1. The summed E-state index contributed by atoms with van der Waals surface area (Å²) in [4.78, 5) is 17.3. The number of benzene rings is 2. The van der Waals surface area contributed by atoms with Crippen molar-refractivity contribution in [2.75, 3.05) is 32.7 Å². The number of rotatable bonds is 8. The lowest BCUT2D eigenvalue weighted by molar-refractivity contribution is -0.132. The Balaban J connectivity index is 1.55. The maximum Gasteiger partial charge on any atom is 0.223 e. The standard InChI is InChI=1S/C30H33N5O/c1-23-4-11-28(24(2)22-23)29-12-9-27(35(29)26-7-5-25(6-8-26)14-16-32)10-13-30(36)34-20-18-33(19-21-34)17-3-15-31/h4-9,11-12,22H,3,10,13-14,17-21H2,1-2H3. The Morgan fingerprint density at radius 1 is 0.917 bits per heavy atom. The Bertz CT molecular complexity index is 1280. The maximum atomic E-state index is 13.0. The van der Waals surface area contributed by atoms with Crippen LogP contribution in [0.1, 0.15) is 35.2 Å². The molecule has 0 bridgehead atoms. The van der Waals surface area contributed by atoms with E-state index in [1.165, 1.54) is 16.7 Å². The molecule has 0 N–H and O–H groups in total. The second kappa shape index (κ2) is 11.7. The third-order valence-electron chi connectivity index (χ3n) is 6.96. The molecule has 1 aliphatic rings. The summed E-state index contributed by atoms with van der Waals surface area (Å²) in [5.41, 5.74) is 7.85. The second-order valence-corrected chi connectivity index (χ2v) is 9.50. The summed E-state index contributed by atoms with van der Waals surface area (Å²) >= 11 is 0. The molecule has 1 aromatic heterocycles. The van der Waals surface area contributed by atoms with E-state index in [1.54, 1.807) is 0 Å². The highest BCUT2D eigenvalue weighted by atomic mass is 16.2. The smallest absolute Gasteiger partial charge is 0.223 e.